The van der Waals surface area contributed by atoms with Crippen LogP contribution in [0.3, 0.4) is 0 Å². The van der Waals surface area contributed by atoms with E-state index in [0.717, 1.165) is 17.0 Å². The fourth-order valence-electron chi connectivity index (χ4n) is 1.59. The predicted molar refractivity (Wildman–Crippen MR) is 70.0 cm³/mol. The molecule has 0 saturated carbocycles. The Balaban J connectivity index is 2.10. The van der Waals surface area contributed by atoms with E-state index in [0.29, 0.717) is 17.8 Å². The van der Waals surface area contributed by atoms with Crippen LogP contribution in [0.1, 0.15) is 17.0 Å². The molecule has 0 fully saturated rings. The molecule has 0 aliphatic carbocycles. The number of hydrogen-bond donors (Lipinski definition) is 1. The lowest BCUT2D eigenvalue weighted by molar-refractivity contribution is 0.859. The smallest absolute Gasteiger partial charge is 0.145 e. The molecule has 1 heterocycles. The third-order valence-corrected chi connectivity index (χ3v) is 2.93. The zero-order valence-corrected chi connectivity index (χ0v) is 10.4. The van der Waals surface area contributed by atoms with Crippen molar-refractivity contribution in [2.75, 3.05) is 5.73 Å². The zero-order valence-electron chi connectivity index (χ0n) is 9.60. The first-order valence-electron chi connectivity index (χ1n) is 5.45. The van der Waals surface area contributed by atoms with Crippen LogP contribution in [0.2, 0.25) is 5.02 Å². The van der Waals surface area contributed by atoms with E-state index < -0.39 is 0 Å². The fraction of sp³-hybridized carbons (Fsp3) is 0.154. The fourth-order valence-corrected chi connectivity index (χ4v) is 1.82. The molecule has 2 rings (SSSR count). The van der Waals surface area contributed by atoms with Crippen molar-refractivity contribution >= 4 is 17.4 Å². The van der Waals surface area contributed by atoms with Gasteiger partial charge in [-0.1, -0.05) is 29.8 Å². The molecule has 2 aromatic rings. The highest BCUT2D eigenvalue weighted by Crippen LogP contribution is 2.16. The molecule has 0 bridgehead atoms. The molecule has 5 heteroatoms. The number of nitriles is 1. The molecule has 0 spiro atoms. The second-order valence-corrected chi connectivity index (χ2v) is 4.20. The van der Waals surface area contributed by atoms with Crippen LogP contribution in [0, 0.1) is 11.3 Å². The van der Waals surface area contributed by atoms with Gasteiger partial charge in [0.1, 0.15) is 23.3 Å². The van der Waals surface area contributed by atoms with Gasteiger partial charge in [-0.05, 0) is 18.1 Å². The predicted octanol–water partition coefficient (Wildman–Crippen LogP) is 2.37. The number of aryl methyl sites for hydroxylation is 2. The van der Waals surface area contributed by atoms with Gasteiger partial charge in [0, 0.05) is 11.4 Å². The first kappa shape index (κ1) is 12.3. The summed E-state index contributed by atoms with van der Waals surface area (Å²) in [6.45, 7) is 0. The van der Waals surface area contributed by atoms with Crippen LogP contribution in [0.25, 0.3) is 0 Å². The number of anilines is 1. The average Bonchev–Trinajstić information content (AvgIpc) is 2.38. The minimum absolute atomic E-state index is 0.224. The summed E-state index contributed by atoms with van der Waals surface area (Å²) in [5.41, 5.74) is 6.98. The quantitative estimate of drug-likeness (QED) is 0.917. The molecular formula is C13H11ClN4. The lowest BCUT2D eigenvalue weighted by Crippen LogP contribution is -2.03. The van der Waals surface area contributed by atoms with E-state index in [1.54, 1.807) is 0 Å². The molecule has 1 aromatic heterocycles. The molecule has 4 nitrogen and oxygen atoms in total. The Morgan fingerprint density at radius 3 is 2.72 bits per heavy atom. The van der Waals surface area contributed by atoms with Gasteiger partial charge >= 0.3 is 0 Å². The lowest BCUT2D eigenvalue weighted by Gasteiger charge is -2.04. The molecule has 0 unspecified atom stereocenters. The van der Waals surface area contributed by atoms with Gasteiger partial charge in [0.05, 0.1) is 6.20 Å². The maximum Gasteiger partial charge on any atom is 0.145 e. The summed E-state index contributed by atoms with van der Waals surface area (Å²) in [6, 6.07) is 9.58. The van der Waals surface area contributed by atoms with E-state index in [9.17, 15) is 0 Å². The van der Waals surface area contributed by atoms with Crippen LogP contribution in [-0.4, -0.2) is 9.97 Å². The van der Waals surface area contributed by atoms with Gasteiger partial charge in [0.2, 0.25) is 0 Å². The van der Waals surface area contributed by atoms with E-state index in [1.165, 1.54) is 6.20 Å². The highest BCUT2D eigenvalue weighted by Gasteiger charge is 2.05. The molecule has 90 valence electrons. The van der Waals surface area contributed by atoms with E-state index in [1.807, 2.05) is 30.3 Å². The van der Waals surface area contributed by atoms with Crippen LogP contribution in [-0.2, 0) is 12.8 Å². The maximum absolute atomic E-state index is 8.73. The second-order valence-electron chi connectivity index (χ2n) is 3.79. The number of aromatic nitrogens is 2. The summed E-state index contributed by atoms with van der Waals surface area (Å²) in [7, 11) is 0. The lowest BCUT2D eigenvalue weighted by atomic mass is 10.1. The highest BCUT2D eigenvalue weighted by molar-refractivity contribution is 6.31. The van der Waals surface area contributed by atoms with Crippen LogP contribution in [0.4, 0.5) is 5.82 Å². The van der Waals surface area contributed by atoms with E-state index >= 15 is 0 Å². The van der Waals surface area contributed by atoms with Gasteiger partial charge in [0.25, 0.3) is 0 Å². The van der Waals surface area contributed by atoms with Gasteiger partial charge in [0.15, 0.2) is 0 Å². The highest BCUT2D eigenvalue weighted by atomic mass is 35.5. The number of nitrogens with zero attached hydrogens (tertiary/aromatic N) is 3. The summed E-state index contributed by atoms with van der Waals surface area (Å²) < 4.78 is 0. The first-order chi connectivity index (χ1) is 8.70. The van der Waals surface area contributed by atoms with Crippen molar-refractivity contribution in [1.82, 2.24) is 9.97 Å². The Bertz CT molecular complexity index is 604. The summed E-state index contributed by atoms with van der Waals surface area (Å²) in [5, 5.41) is 9.46. The normalized spacial score (nSPS) is 10.0. The summed E-state index contributed by atoms with van der Waals surface area (Å²) in [4.78, 5) is 8.19. The zero-order chi connectivity index (χ0) is 13.0. The van der Waals surface area contributed by atoms with Crippen molar-refractivity contribution in [3.8, 4) is 6.07 Å². The molecule has 0 amide bonds. The summed E-state index contributed by atoms with van der Waals surface area (Å²) in [6.07, 6.45) is 2.83. The molecule has 0 radical (unpaired) electrons. The van der Waals surface area contributed by atoms with Crippen molar-refractivity contribution in [3.05, 3.63) is 52.4 Å². The molecule has 18 heavy (non-hydrogen) atoms. The van der Waals surface area contributed by atoms with Crippen LogP contribution >= 0.6 is 11.6 Å². The topological polar surface area (TPSA) is 75.6 Å². The minimum atomic E-state index is 0.224. The van der Waals surface area contributed by atoms with Crippen molar-refractivity contribution in [3.63, 3.8) is 0 Å². The Morgan fingerprint density at radius 2 is 2.06 bits per heavy atom. The molecular weight excluding hydrogens is 248 g/mol. The van der Waals surface area contributed by atoms with E-state index in [2.05, 4.69) is 9.97 Å². The van der Waals surface area contributed by atoms with Gasteiger partial charge in [-0.15, -0.1) is 0 Å². The third kappa shape index (κ3) is 2.76. The standard InChI is InChI=1S/C13H11ClN4/c14-11-4-2-1-3-9(11)5-6-12-17-8-10(7-15)13(16)18-12/h1-4,8H,5-6H2,(H2,16,17,18). The van der Waals surface area contributed by atoms with Crippen LogP contribution in [0.15, 0.2) is 30.5 Å². The molecule has 2 N–H and O–H groups in total. The molecule has 0 aliphatic rings. The summed E-state index contributed by atoms with van der Waals surface area (Å²) in [5.74, 6) is 0.841. The average molecular weight is 259 g/mol. The number of benzene rings is 1. The van der Waals surface area contributed by atoms with Crippen molar-refractivity contribution in [2.45, 2.75) is 12.8 Å². The molecule has 1 aromatic carbocycles. The van der Waals surface area contributed by atoms with E-state index in [-0.39, 0.29) is 5.82 Å². The van der Waals surface area contributed by atoms with E-state index in [4.69, 9.17) is 22.6 Å². The van der Waals surface area contributed by atoms with Crippen LogP contribution in [0.5, 0.6) is 0 Å². The SMILES string of the molecule is N#Cc1cnc(CCc2ccccc2Cl)nc1N. The Labute approximate surface area is 110 Å². The maximum atomic E-state index is 8.73. The van der Waals surface area contributed by atoms with Gasteiger partial charge < -0.3 is 5.73 Å². The number of hydrogen-bond acceptors (Lipinski definition) is 4. The number of nitrogens with two attached hydrogens (primary N) is 1. The monoisotopic (exact) mass is 258 g/mol. The minimum Gasteiger partial charge on any atom is -0.382 e. The summed E-state index contributed by atoms with van der Waals surface area (Å²) >= 11 is 6.06. The largest absolute Gasteiger partial charge is 0.382 e. The molecule has 0 aliphatic heterocycles. The molecule has 0 atom stereocenters. The number of nitrogen functional groups attached to an aromatic ring is 1. The second kappa shape index (κ2) is 5.48. The van der Waals surface area contributed by atoms with Gasteiger partial charge in [-0.25, -0.2) is 9.97 Å². The Morgan fingerprint density at radius 1 is 1.28 bits per heavy atom. The van der Waals surface area contributed by atoms with Crippen LogP contribution < -0.4 is 5.73 Å². The third-order valence-electron chi connectivity index (χ3n) is 2.56. The van der Waals surface area contributed by atoms with Crippen molar-refractivity contribution < 1.29 is 0 Å². The molecule has 0 saturated heterocycles. The van der Waals surface area contributed by atoms with Gasteiger partial charge in [-0.3, -0.25) is 0 Å². The van der Waals surface area contributed by atoms with Gasteiger partial charge in [-0.2, -0.15) is 5.26 Å². The number of rotatable bonds is 3. The number of halogens is 1. The first-order valence-corrected chi connectivity index (χ1v) is 5.83. The van der Waals surface area contributed by atoms with Crippen molar-refractivity contribution in [2.24, 2.45) is 0 Å². The van der Waals surface area contributed by atoms with Crippen molar-refractivity contribution in [1.29, 1.82) is 5.26 Å². The Hall–Kier alpha value is -2.12. The Kier molecular flexibility index (Phi) is 3.75.